The Morgan fingerprint density at radius 3 is 2.50 bits per heavy atom. The summed E-state index contributed by atoms with van der Waals surface area (Å²) in [5, 5.41) is 5.71. The van der Waals surface area contributed by atoms with Gasteiger partial charge in [-0.1, -0.05) is 29.8 Å². The van der Waals surface area contributed by atoms with Crippen LogP contribution < -0.4 is 10.6 Å². The third kappa shape index (κ3) is 3.03. The lowest BCUT2D eigenvalue weighted by Crippen LogP contribution is -2.19. The fourth-order valence-electron chi connectivity index (χ4n) is 2.94. The van der Waals surface area contributed by atoms with Gasteiger partial charge in [-0.2, -0.15) is 4.98 Å². The molecule has 2 aromatic carbocycles. The Bertz CT molecular complexity index is 1160. The van der Waals surface area contributed by atoms with Gasteiger partial charge in [0, 0.05) is 24.2 Å². The van der Waals surface area contributed by atoms with E-state index in [1.54, 1.807) is 18.2 Å². The first kappa shape index (κ1) is 18.2. The predicted octanol–water partition coefficient (Wildman–Crippen LogP) is 4.31. The fourth-order valence-corrected chi connectivity index (χ4v) is 3.16. The van der Waals surface area contributed by atoms with Gasteiger partial charge in [-0.3, -0.25) is 0 Å². The fraction of sp³-hybridized carbons (Fsp3) is 0.150. The summed E-state index contributed by atoms with van der Waals surface area (Å²) in [4.78, 5) is 11.2. The summed E-state index contributed by atoms with van der Waals surface area (Å²) in [5.74, 6) is 0.554. The molecule has 28 heavy (non-hydrogen) atoms. The molecule has 6 nitrogen and oxygen atoms in total. The first-order valence-corrected chi connectivity index (χ1v) is 9.15. The summed E-state index contributed by atoms with van der Waals surface area (Å²) < 4.78 is 14.9. The highest BCUT2D eigenvalue weighted by atomic mass is 35.5. The van der Waals surface area contributed by atoms with E-state index >= 15 is 0 Å². The van der Waals surface area contributed by atoms with Crippen LogP contribution in [0.3, 0.4) is 0 Å². The lowest BCUT2D eigenvalue weighted by molar-refractivity contribution is 0.627. The quantitative estimate of drug-likeness (QED) is 0.556. The molecule has 0 bridgehead atoms. The average molecular weight is 397 g/mol. The van der Waals surface area contributed by atoms with Crippen LogP contribution in [-0.2, 0) is 0 Å². The van der Waals surface area contributed by atoms with Gasteiger partial charge in [0.2, 0.25) is 5.95 Å². The Balaban J connectivity index is 2.03. The number of aromatic nitrogens is 4. The van der Waals surface area contributed by atoms with Gasteiger partial charge >= 0.3 is 0 Å². The van der Waals surface area contributed by atoms with Crippen LogP contribution in [0.4, 0.5) is 16.2 Å². The Kier molecular flexibility index (Phi) is 4.60. The maximum absolute atomic E-state index is 13.3. The second-order valence-corrected chi connectivity index (χ2v) is 6.75. The van der Waals surface area contributed by atoms with Crippen LogP contribution in [0.5, 0.6) is 0 Å². The second kappa shape index (κ2) is 7.09. The molecule has 4 aromatic rings. The van der Waals surface area contributed by atoms with E-state index in [-0.39, 0.29) is 5.82 Å². The van der Waals surface area contributed by atoms with Crippen LogP contribution >= 0.6 is 11.6 Å². The van der Waals surface area contributed by atoms with Crippen molar-refractivity contribution in [2.75, 3.05) is 24.2 Å². The molecule has 4 rings (SSSR count). The molecule has 0 spiro atoms. The lowest BCUT2D eigenvalue weighted by Gasteiger charge is -2.15. The third-order valence-corrected chi connectivity index (χ3v) is 4.90. The van der Waals surface area contributed by atoms with Gasteiger partial charge in [-0.05, 0) is 37.3 Å². The molecule has 0 saturated heterocycles. The molecule has 8 heteroatoms. The molecular formula is C20H18ClFN6. The highest BCUT2D eigenvalue weighted by Gasteiger charge is 2.21. The van der Waals surface area contributed by atoms with Crippen molar-refractivity contribution in [2.45, 2.75) is 6.92 Å². The van der Waals surface area contributed by atoms with Crippen LogP contribution in [-0.4, -0.2) is 33.3 Å². The van der Waals surface area contributed by atoms with E-state index in [4.69, 9.17) is 22.3 Å². The van der Waals surface area contributed by atoms with Crippen LogP contribution in [0.2, 0.25) is 5.02 Å². The molecule has 0 radical (unpaired) electrons. The molecule has 0 aliphatic heterocycles. The predicted molar refractivity (Wildman–Crippen MR) is 110 cm³/mol. The molecule has 0 saturated carbocycles. The SMILES string of the molecule is CCN(C)c1nc(-c2ccccc2Cl)c2c(N)n(-c3ccc(F)cc3)nc2n1. The number of hydrogen-bond donors (Lipinski definition) is 1. The van der Waals surface area contributed by atoms with Gasteiger partial charge < -0.3 is 10.6 Å². The van der Waals surface area contributed by atoms with Gasteiger partial charge in [0.05, 0.1) is 16.8 Å². The van der Waals surface area contributed by atoms with Crippen LogP contribution in [0.1, 0.15) is 6.92 Å². The Hall–Kier alpha value is -3.19. The van der Waals surface area contributed by atoms with Gasteiger partial charge in [0.1, 0.15) is 11.6 Å². The molecular weight excluding hydrogens is 379 g/mol. The number of hydrogen-bond acceptors (Lipinski definition) is 5. The molecule has 0 amide bonds. The summed E-state index contributed by atoms with van der Waals surface area (Å²) >= 11 is 6.43. The van der Waals surface area contributed by atoms with Crippen molar-refractivity contribution in [2.24, 2.45) is 0 Å². The van der Waals surface area contributed by atoms with Crippen LogP contribution in [0, 0.1) is 5.82 Å². The van der Waals surface area contributed by atoms with Crippen molar-refractivity contribution < 1.29 is 4.39 Å². The monoisotopic (exact) mass is 396 g/mol. The highest BCUT2D eigenvalue weighted by Crippen LogP contribution is 2.36. The molecule has 0 fully saturated rings. The van der Waals surface area contributed by atoms with Gasteiger partial charge in [-0.25, -0.2) is 14.1 Å². The molecule has 2 N–H and O–H groups in total. The standard InChI is InChI=1S/C20H18ClFN6/c1-3-27(2)20-24-17(14-6-4-5-7-15(14)21)16-18(23)28(26-19(16)25-20)13-10-8-12(22)9-11-13/h4-11H,3,23H2,1-2H3. The molecule has 0 unspecified atom stereocenters. The van der Waals surface area contributed by atoms with E-state index in [1.807, 2.05) is 37.1 Å². The van der Waals surface area contributed by atoms with Crippen LogP contribution in [0.15, 0.2) is 48.5 Å². The topological polar surface area (TPSA) is 72.9 Å². The Labute approximate surface area is 166 Å². The number of nitrogen functional groups attached to an aromatic ring is 1. The van der Waals surface area contributed by atoms with Gasteiger partial charge in [0.25, 0.3) is 0 Å². The molecule has 142 valence electrons. The number of nitrogens with zero attached hydrogens (tertiary/aromatic N) is 5. The number of benzene rings is 2. The number of halogens is 2. The first-order chi connectivity index (χ1) is 13.5. The van der Waals surface area contributed by atoms with Crippen molar-refractivity contribution in [1.29, 1.82) is 0 Å². The number of anilines is 2. The average Bonchev–Trinajstić information content (AvgIpc) is 3.04. The van der Waals surface area contributed by atoms with E-state index in [0.717, 1.165) is 12.1 Å². The smallest absolute Gasteiger partial charge is 0.227 e. The first-order valence-electron chi connectivity index (χ1n) is 8.77. The van der Waals surface area contributed by atoms with Crippen molar-refractivity contribution in [3.05, 3.63) is 59.4 Å². The van der Waals surface area contributed by atoms with Crippen molar-refractivity contribution in [3.63, 3.8) is 0 Å². The van der Waals surface area contributed by atoms with Crippen LogP contribution in [0.25, 0.3) is 28.0 Å². The normalized spacial score (nSPS) is 11.1. The Morgan fingerprint density at radius 2 is 1.82 bits per heavy atom. The van der Waals surface area contributed by atoms with Crippen molar-refractivity contribution in [3.8, 4) is 16.9 Å². The van der Waals surface area contributed by atoms with E-state index in [1.165, 1.54) is 16.8 Å². The lowest BCUT2D eigenvalue weighted by atomic mass is 10.1. The Morgan fingerprint density at radius 1 is 1.11 bits per heavy atom. The van der Waals surface area contributed by atoms with Gasteiger partial charge in [0.15, 0.2) is 5.65 Å². The van der Waals surface area contributed by atoms with E-state index in [2.05, 4.69) is 10.1 Å². The highest BCUT2D eigenvalue weighted by molar-refractivity contribution is 6.33. The van der Waals surface area contributed by atoms with E-state index < -0.39 is 0 Å². The molecule has 2 heterocycles. The zero-order valence-electron chi connectivity index (χ0n) is 15.4. The number of fused-ring (bicyclic) bond motifs is 1. The minimum absolute atomic E-state index is 0.331. The maximum Gasteiger partial charge on any atom is 0.227 e. The molecule has 2 aromatic heterocycles. The van der Waals surface area contributed by atoms with E-state index in [0.29, 0.717) is 39.2 Å². The van der Waals surface area contributed by atoms with Crippen molar-refractivity contribution >= 4 is 34.4 Å². The maximum atomic E-state index is 13.3. The second-order valence-electron chi connectivity index (χ2n) is 6.34. The summed E-state index contributed by atoms with van der Waals surface area (Å²) in [6, 6.07) is 13.4. The minimum atomic E-state index is -0.331. The third-order valence-electron chi connectivity index (χ3n) is 4.57. The molecule has 0 aliphatic rings. The van der Waals surface area contributed by atoms with Crippen molar-refractivity contribution in [1.82, 2.24) is 19.7 Å². The summed E-state index contributed by atoms with van der Waals surface area (Å²) in [6.45, 7) is 2.73. The van der Waals surface area contributed by atoms with Gasteiger partial charge in [-0.15, -0.1) is 5.10 Å². The minimum Gasteiger partial charge on any atom is -0.383 e. The molecule has 0 aliphatic carbocycles. The zero-order chi connectivity index (χ0) is 19.8. The molecule has 0 atom stereocenters. The zero-order valence-corrected chi connectivity index (χ0v) is 16.2. The summed E-state index contributed by atoms with van der Waals surface area (Å²) in [6.07, 6.45) is 0. The summed E-state index contributed by atoms with van der Waals surface area (Å²) in [5.41, 5.74) is 8.86. The number of nitrogens with two attached hydrogens (primary N) is 1. The number of rotatable bonds is 4. The summed E-state index contributed by atoms with van der Waals surface area (Å²) in [7, 11) is 1.90. The van der Waals surface area contributed by atoms with E-state index in [9.17, 15) is 4.39 Å². The largest absolute Gasteiger partial charge is 0.383 e.